The van der Waals surface area contributed by atoms with Gasteiger partial charge in [-0.05, 0) is 18.2 Å². The van der Waals surface area contributed by atoms with E-state index in [-0.39, 0.29) is 0 Å². The molecule has 2 N–H and O–H groups in total. The number of nitrogens with zero attached hydrogens (tertiary/aromatic N) is 1. The average Bonchev–Trinajstić information content (AvgIpc) is 2.17. The minimum absolute atomic E-state index is 0.426. The molecule has 0 saturated carbocycles. The standard InChI is InChI=1S/C10H12N2O2/c1-12-4-5-14-9-6-7(10(11)13)2-3-8(9)12/h2-3,6H,4-5H2,1H3,(H2,11,13). The van der Waals surface area contributed by atoms with Crippen LogP contribution in [0.25, 0.3) is 0 Å². The van der Waals surface area contributed by atoms with Crippen LogP contribution in [-0.2, 0) is 0 Å². The summed E-state index contributed by atoms with van der Waals surface area (Å²) in [5.41, 5.74) is 6.66. The van der Waals surface area contributed by atoms with Crippen molar-refractivity contribution in [3.63, 3.8) is 0 Å². The molecule has 1 heterocycles. The topological polar surface area (TPSA) is 55.6 Å². The van der Waals surface area contributed by atoms with Crippen LogP contribution in [0.2, 0.25) is 0 Å². The molecular weight excluding hydrogens is 180 g/mol. The predicted octanol–water partition coefficient (Wildman–Crippen LogP) is 0.614. The molecule has 0 spiro atoms. The van der Waals surface area contributed by atoms with Crippen LogP contribution < -0.4 is 15.4 Å². The third-order valence-corrected chi connectivity index (χ3v) is 2.34. The maximum Gasteiger partial charge on any atom is 0.248 e. The van der Waals surface area contributed by atoms with E-state index in [9.17, 15) is 4.79 Å². The van der Waals surface area contributed by atoms with Crippen LogP contribution in [0.3, 0.4) is 0 Å². The first-order valence-electron chi connectivity index (χ1n) is 4.46. The van der Waals surface area contributed by atoms with E-state index >= 15 is 0 Å². The van der Waals surface area contributed by atoms with E-state index < -0.39 is 5.91 Å². The number of fused-ring (bicyclic) bond motifs is 1. The van der Waals surface area contributed by atoms with Gasteiger partial charge in [0, 0.05) is 12.6 Å². The smallest absolute Gasteiger partial charge is 0.248 e. The molecule has 0 fully saturated rings. The van der Waals surface area contributed by atoms with Crippen molar-refractivity contribution in [2.75, 3.05) is 25.1 Å². The minimum Gasteiger partial charge on any atom is -0.490 e. The number of nitrogens with two attached hydrogens (primary N) is 1. The van der Waals surface area contributed by atoms with Crippen LogP contribution in [0.1, 0.15) is 10.4 Å². The maximum atomic E-state index is 10.9. The average molecular weight is 192 g/mol. The molecule has 0 aliphatic carbocycles. The normalized spacial score (nSPS) is 14.5. The lowest BCUT2D eigenvalue weighted by Gasteiger charge is -2.27. The second-order valence-electron chi connectivity index (χ2n) is 3.32. The van der Waals surface area contributed by atoms with E-state index in [1.165, 1.54) is 0 Å². The van der Waals surface area contributed by atoms with Crippen molar-refractivity contribution in [3.05, 3.63) is 23.8 Å². The third-order valence-electron chi connectivity index (χ3n) is 2.34. The van der Waals surface area contributed by atoms with E-state index in [0.717, 1.165) is 18.0 Å². The highest BCUT2D eigenvalue weighted by atomic mass is 16.5. The zero-order valence-electron chi connectivity index (χ0n) is 7.99. The van der Waals surface area contributed by atoms with Crippen molar-refractivity contribution in [3.8, 4) is 5.75 Å². The summed E-state index contributed by atoms with van der Waals surface area (Å²) in [5.74, 6) is 0.305. The molecule has 74 valence electrons. The summed E-state index contributed by atoms with van der Waals surface area (Å²) >= 11 is 0. The summed E-state index contributed by atoms with van der Waals surface area (Å²) in [6, 6.07) is 5.26. The molecule has 1 amide bonds. The van der Waals surface area contributed by atoms with Gasteiger partial charge in [0.25, 0.3) is 0 Å². The van der Waals surface area contributed by atoms with Gasteiger partial charge in [0.05, 0.1) is 12.2 Å². The van der Waals surface area contributed by atoms with Crippen molar-refractivity contribution in [2.45, 2.75) is 0 Å². The number of likely N-dealkylation sites (N-methyl/N-ethyl adjacent to an activating group) is 1. The monoisotopic (exact) mass is 192 g/mol. The third kappa shape index (κ3) is 1.39. The van der Waals surface area contributed by atoms with Gasteiger partial charge in [-0.2, -0.15) is 0 Å². The molecule has 1 aliphatic heterocycles. The van der Waals surface area contributed by atoms with Crippen molar-refractivity contribution in [2.24, 2.45) is 5.73 Å². The fraction of sp³-hybridized carbons (Fsp3) is 0.300. The molecule has 0 bridgehead atoms. The number of rotatable bonds is 1. The molecule has 2 rings (SSSR count). The Bertz CT molecular complexity index is 376. The number of carbonyl (C=O) groups is 1. The summed E-state index contributed by atoms with van der Waals surface area (Å²) in [7, 11) is 1.99. The SMILES string of the molecule is CN1CCOc2cc(C(N)=O)ccc21. The van der Waals surface area contributed by atoms with Crippen molar-refractivity contribution >= 4 is 11.6 Å². The fourth-order valence-corrected chi connectivity index (χ4v) is 1.51. The Morgan fingerprint density at radius 3 is 3.07 bits per heavy atom. The quantitative estimate of drug-likeness (QED) is 0.709. The van der Waals surface area contributed by atoms with E-state index in [1.807, 2.05) is 13.1 Å². The summed E-state index contributed by atoms with van der Waals surface area (Å²) in [4.78, 5) is 13.0. The predicted molar refractivity (Wildman–Crippen MR) is 53.7 cm³/mol. The molecule has 0 saturated heterocycles. The Morgan fingerprint density at radius 2 is 2.36 bits per heavy atom. The van der Waals surface area contributed by atoms with Crippen LogP contribution in [0, 0.1) is 0 Å². The van der Waals surface area contributed by atoms with Gasteiger partial charge < -0.3 is 15.4 Å². The first-order valence-corrected chi connectivity index (χ1v) is 4.46. The number of amides is 1. The lowest BCUT2D eigenvalue weighted by Crippen LogP contribution is -2.29. The molecule has 1 aliphatic rings. The maximum absolute atomic E-state index is 10.9. The van der Waals surface area contributed by atoms with Gasteiger partial charge >= 0.3 is 0 Å². The van der Waals surface area contributed by atoms with Crippen LogP contribution in [0.4, 0.5) is 5.69 Å². The Labute approximate surface area is 82.3 Å². The number of primary amides is 1. The van der Waals surface area contributed by atoms with E-state index in [4.69, 9.17) is 10.5 Å². The lowest BCUT2D eigenvalue weighted by molar-refractivity contribution is 0.1000. The zero-order valence-corrected chi connectivity index (χ0v) is 7.99. The zero-order chi connectivity index (χ0) is 10.1. The van der Waals surface area contributed by atoms with E-state index in [1.54, 1.807) is 12.1 Å². The van der Waals surface area contributed by atoms with Gasteiger partial charge in [0.1, 0.15) is 12.4 Å². The second kappa shape index (κ2) is 3.21. The van der Waals surface area contributed by atoms with Gasteiger partial charge in [-0.1, -0.05) is 0 Å². The first kappa shape index (κ1) is 8.87. The molecule has 1 aromatic carbocycles. The molecular formula is C10H12N2O2. The molecule has 14 heavy (non-hydrogen) atoms. The molecule has 0 aromatic heterocycles. The molecule has 1 aromatic rings. The van der Waals surface area contributed by atoms with Crippen molar-refractivity contribution < 1.29 is 9.53 Å². The Morgan fingerprint density at radius 1 is 1.57 bits per heavy atom. The first-order chi connectivity index (χ1) is 6.68. The fourth-order valence-electron chi connectivity index (χ4n) is 1.51. The summed E-state index contributed by atoms with van der Waals surface area (Å²) in [6.45, 7) is 1.51. The molecule has 0 radical (unpaired) electrons. The number of hydrogen-bond donors (Lipinski definition) is 1. The number of ether oxygens (including phenoxy) is 1. The Hall–Kier alpha value is -1.71. The largest absolute Gasteiger partial charge is 0.490 e. The van der Waals surface area contributed by atoms with Gasteiger partial charge in [-0.3, -0.25) is 4.79 Å². The van der Waals surface area contributed by atoms with Crippen molar-refractivity contribution in [1.82, 2.24) is 0 Å². The molecule has 4 nitrogen and oxygen atoms in total. The number of anilines is 1. The molecule has 0 unspecified atom stereocenters. The van der Waals surface area contributed by atoms with Crippen LogP contribution in [0.5, 0.6) is 5.75 Å². The highest BCUT2D eigenvalue weighted by Crippen LogP contribution is 2.31. The summed E-state index contributed by atoms with van der Waals surface area (Å²) < 4.78 is 5.44. The van der Waals surface area contributed by atoms with E-state index in [0.29, 0.717) is 12.2 Å². The van der Waals surface area contributed by atoms with E-state index in [2.05, 4.69) is 4.90 Å². The van der Waals surface area contributed by atoms with Crippen LogP contribution >= 0.6 is 0 Å². The Kier molecular flexibility index (Phi) is 2.04. The number of hydrogen-bond acceptors (Lipinski definition) is 3. The number of carbonyl (C=O) groups excluding carboxylic acids is 1. The van der Waals surface area contributed by atoms with Crippen LogP contribution in [0.15, 0.2) is 18.2 Å². The Balaban J connectivity index is 2.44. The minimum atomic E-state index is -0.426. The highest BCUT2D eigenvalue weighted by molar-refractivity contribution is 5.94. The summed E-state index contributed by atoms with van der Waals surface area (Å²) in [5, 5.41) is 0. The highest BCUT2D eigenvalue weighted by Gasteiger charge is 2.15. The number of benzene rings is 1. The summed E-state index contributed by atoms with van der Waals surface area (Å²) in [6.07, 6.45) is 0. The van der Waals surface area contributed by atoms with Gasteiger partial charge in [0.15, 0.2) is 0 Å². The molecule has 4 heteroatoms. The van der Waals surface area contributed by atoms with Crippen molar-refractivity contribution in [1.29, 1.82) is 0 Å². The van der Waals surface area contributed by atoms with Gasteiger partial charge in [-0.25, -0.2) is 0 Å². The van der Waals surface area contributed by atoms with Gasteiger partial charge in [-0.15, -0.1) is 0 Å². The molecule has 0 atom stereocenters. The van der Waals surface area contributed by atoms with Gasteiger partial charge in [0.2, 0.25) is 5.91 Å². The lowest BCUT2D eigenvalue weighted by atomic mass is 10.1. The second-order valence-corrected chi connectivity index (χ2v) is 3.32. The van der Waals surface area contributed by atoms with Crippen LogP contribution in [-0.4, -0.2) is 26.1 Å².